The number of nitrogens with zero attached hydrogens (tertiary/aromatic N) is 1. The van der Waals surface area contributed by atoms with Gasteiger partial charge in [0.15, 0.2) is 0 Å². The molecule has 1 aromatic rings. The Kier molecular flexibility index (Phi) is 5.23. The molecule has 0 aliphatic heterocycles. The van der Waals surface area contributed by atoms with Gasteiger partial charge in [-0.05, 0) is 31.5 Å². The van der Waals surface area contributed by atoms with E-state index in [0.717, 1.165) is 17.3 Å². The van der Waals surface area contributed by atoms with Gasteiger partial charge in [-0.2, -0.15) is 0 Å². The van der Waals surface area contributed by atoms with Crippen molar-refractivity contribution in [3.63, 3.8) is 0 Å². The van der Waals surface area contributed by atoms with Gasteiger partial charge in [0.05, 0.1) is 10.7 Å². The monoisotopic (exact) mass is 240 g/mol. The van der Waals surface area contributed by atoms with Crippen LogP contribution >= 0.6 is 11.6 Å². The maximum absolute atomic E-state index is 6.22. The van der Waals surface area contributed by atoms with Crippen molar-refractivity contribution in [1.82, 2.24) is 10.3 Å². The smallest absolute Gasteiger partial charge is 0.0638 e. The van der Waals surface area contributed by atoms with Crippen LogP contribution in [0.5, 0.6) is 0 Å². The number of aromatic nitrogens is 1. The highest BCUT2D eigenvalue weighted by Gasteiger charge is 2.25. The summed E-state index contributed by atoms with van der Waals surface area (Å²) in [6.45, 7) is 9.70. The van der Waals surface area contributed by atoms with E-state index in [9.17, 15) is 0 Å². The molecule has 0 saturated heterocycles. The molecule has 3 heteroatoms. The molecular formula is C13H21ClN2. The van der Waals surface area contributed by atoms with Crippen molar-refractivity contribution in [2.24, 2.45) is 5.92 Å². The van der Waals surface area contributed by atoms with Crippen molar-refractivity contribution in [3.8, 4) is 0 Å². The molecule has 0 aliphatic rings. The molecule has 2 unspecified atom stereocenters. The fraction of sp³-hybridized carbons (Fsp3) is 0.615. The van der Waals surface area contributed by atoms with Crippen molar-refractivity contribution < 1.29 is 0 Å². The first kappa shape index (κ1) is 13.5. The molecule has 0 amide bonds. The van der Waals surface area contributed by atoms with E-state index in [4.69, 9.17) is 11.6 Å². The van der Waals surface area contributed by atoms with Gasteiger partial charge in [0.25, 0.3) is 0 Å². The fourth-order valence-corrected chi connectivity index (χ4v) is 2.47. The lowest BCUT2D eigenvalue weighted by Gasteiger charge is -2.28. The van der Waals surface area contributed by atoms with E-state index in [1.54, 1.807) is 0 Å². The van der Waals surface area contributed by atoms with Gasteiger partial charge in [-0.1, -0.05) is 32.4 Å². The summed E-state index contributed by atoms with van der Waals surface area (Å²) < 4.78 is 0. The predicted molar refractivity (Wildman–Crippen MR) is 70.0 cm³/mol. The van der Waals surface area contributed by atoms with Crippen LogP contribution in [0.4, 0.5) is 0 Å². The van der Waals surface area contributed by atoms with E-state index in [-0.39, 0.29) is 0 Å². The molecular weight excluding hydrogens is 220 g/mol. The molecule has 0 aliphatic carbocycles. The van der Waals surface area contributed by atoms with Gasteiger partial charge in [-0.15, -0.1) is 0 Å². The van der Waals surface area contributed by atoms with Crippen molar-refractivity contribution in [1.29, 1.82) is 0 Å². The first-order valence-corrected chi connectivity index (χ1v) is 6.29. The standard InChI is InChI=1S/C13H21ClN2/c1-5-15-10(4)12(9(2)3)13-11(14)7-6-8-16-13/h6-10,12,15H,5H2,1-4H3. The van der Waals surface area contributed by atoms with Crippen LogP contribution in [0.25, 0.3) is 0 Å². The zero-order chi connectivity index (χ0) is 12.1. The maximum atomic E-state index is 6.22. The average Bonchev–Trinajstić information content (AvgIpc) is 2.21. The summed E-state index contributed by atoms with van der Waals surface area (Å²) in [4.78, 5) is 4.43. The minimum atomic E-state index is 0.355. The molecule has 90 valence electrons. The van der Waals surface area contributed by atoms with Gasteiger partial charge in [-0.3, -0.25) is 4.98 Å². The van der Waals surface area contributed by atoms with Crippen LogP contribution in [0.3, 0.4) is 0 Å². The molecule has 0 bridgehead atoms. The summed E-state index contributed by atoms with van der Waals surface area (Å²) in [5.41, 5.74) is 1.01. The third-order valence-corrected chi connectivity index (χ3v) is 3.21. The Labute approximate surface area is 103 Å². The number of hydrogen-bond donors (Lipinski definition) is 1. The molecule has 1 aromatic heterocycles. The van der Waals surface area contributed by atoms with Crippen LogP contribution in [0.15, 0.2) is 18.3 Å². The van der Waals surface area contributed by atoms with Crippen molar-refractivity contribution in [2.75, 3.05) is 6.54 Å². The second-order valence-electron chi connectivity index (χ2n) is 4.49. The number of nitrogens with one attached hydrogen (secondary N) is 1. The Morgan fingerprint density at radius 3 is 2.56 bits per heavy atom. The van der Waals surface area contributed by atoms with Gasteiger partial charge in [-0.25, -0.2) is 0 Å². The van der Waals surface area contributed by atoms with Gasteiger partial charge in [0, 0.05) is 18.2 Å². The number of likely N-dealkylation sites (N-methyl/N-ethyl adjacent to an activating group) is 1. The molecule has 16 heavy (non-hydrogen) atoms. The average molecular weight is 241 g/mol. The normalized spacial score (nSPS) is 15.1. The van der Waals surface area contributed by atoms with Crippen molar-refractivity contribution in [2.45, 2.75) is 39.7 Å². The zero-order valence-electron chi connectivity index (χ0n) is 10.5. The molecule has 0 saturated carbocycles. The molecule has 0 fully saturated rings. The molecule has 0 spiro atoms. The second kappa shape index (κ2) is 6.21. The number of hydrogen-bond acceptors (Lipinski definition) is 2. The molecule has 0 aromatic carbocycles. The third kappa shape index (κ3) is 3.19. The highest BCUT2D eigenvalue weighted by atomic mass is 35.5. The van der Waals surface area contributed by atoms with E-state index in [1.165, 1.54) is 0 Å². The largest absolute Gasteiger partial charge is 0.314 e. The Bertz CT molecular complexity index is 325. The topological polar surface area (TPSA) is 24.9 Å². The van der Waals surface area contributed by atoms with Crippen molar-refractivity contribution in [3.05, 3.63) is 29.0 Å². The van der Waals surface area contributed by atoms with Gasteiger partial charge in [0.2, 0.25) is 0 Å². The van der Waals surface area contributed by atoms with Crippen LogP contribution < -0.4 is 5.32 Å². The lowest BCUT2D eigenvalue weighted by Crippen LogP contribution is -2.35. The molecule has 1 heterocycles. The Balaban J connectivity index is 2.98. The Morgan fingerprint density at radius 2 is 2.06 bits per heavy atom. The third-order valence-electron chi connectivity index (χ3n) is 2.89. The van der Waals surface area contributed by atoms with Crippen LogP contribution in [0.1, 0.15) is 39.3 Å². The number of pyridine rings is 1. The van der Waals surface area contributed by atoms with Gasteiger partial charge >= 0.3 is 0 Å². The zero-order valence-corrected chi connectivity index (χ0v) is 11.3. The van der Waals surface area contributed by atoms with Crippen LogP contribution in [0.2, 0.25) is 5.02 Å². The quantitative estimate of drug-likeness (QED) is 0.853. The Morgan fingerprint density at radius 1 is 1.38 bits per heavy atom. The minimum absolute atomic E-state index is 0.355. The maximum Gasteiger partial charge on any atom is 0.0638 e. The van der Waals surface area contributed by atoms with E-state index in [0.29, 0.717) is 17.9 Å². The minimum Gasteiger partial charge on any atom is -0.314 e. The lowest BCUT2D eigenvalue weighted by molar-refractivity contribution is 0.376. The van der Waals surface area contributed by atoms with E-state index in [2.05, 4.69) is 38.0 Å². The summed E-state index contributed by atoms with van der Waals surface area (Å²) in [6, 6.07) is 4.18. The summed E-state index contributed by atoms with van der Waals surface area (Å²) in [7, 11) is 0. The summed E-state index contributed by atoms with van der Waals surface area (Å²) >= 11 is 6.22. The highest BCUT2D eigenvalue weighted by molar-refractivity contribution is 6.31. The van der Waals surface area contributed by atoms with Crippen LogP contribution in [-0.2, 0) is 0 Å². The first-order valence-electron chi connectivity index (χ1n) is 5.91. The second-order valence-corrected chi connectivity index (χ2v) is 4.89. The van der Waals surface area contributed by atoms with E-state index in [1.807, 2.05) is 18.3 Å². The summed E-state index contributed by atoms with van der Waals surface area (Å²) in [5.74, 6) is 0.870. The van der Waals surface area contributed by atoms with E-state index < -0.39 is 0 Å². The predicted octanol–water partition coefficient (Wildman–Crippen LogP) is 3.47. The molecule has 1 rings (SSSR count). The SMILES string of the molecule is CCNC(C)C(c1ncccc1Cl)C(C)C. The fourth-order valence-electron chi connectivity index (χ4n) is 2.22. The van der Waals surface area contributed by atoms with Crippen molar-refractivity contribution >= 4 is 11.6 Å². The van der Waals surface area contributed by atoms with Crippen LogP contribution in [-0.4, -0.2) is 17.6 Å². The highest BCUT2D eigenvalue weighted by Crippen LogP contribution is 2.31. The Hall–Kier alpha value is -0.600. The first-order chi connectivity index (χ1) is 7.57. The molecule has 2 atom stereocenters. The molecule has 0 radical (unpaired) electrons. The number of halogens is 1. The molecule has 1 N–H and O–H groups in total. The van der Waals surface area contributed by atoms with Gasteiger partial charge < -0.3 is 5.32 Å². The van der Waals surface area contributed by atoms with E-state index >= 15 is 0 Å². The molecule has 2 nitrogen and oxygen atoms in total. The summed E-state index contributed by atoms with van der Waals surface area (Å²) in [6.07, 6.45) is 1.81. The summed E-state index contributed by atoms with van der Waals surface area (Å²) in [5, 5.41) is 4.22. The lowest BCUT2D eigenvalue weighted by atomic mass is 9.86. The number of rotatable bonds is 5. The van der Waals surface area contributed by atoms with Gasteiger partial charge in [0.1, 0.15) is 0 Å². The van der Waals surface area contributed by atoms with Crippen LogP contribution in [0, 0.1) is 5.92 Å².